The Balaban J connectivity index is 1.95. The van der Waals surface area contributed by atoms with Gasteiger partial charge in [0.25, 0.3) is 0 Å². The monoisotopic (exact) mass is 204 g/mol. The predicted octanol–water partition coefficient (Wildman–Crippen LogP) is -0.758. The van der Waals surface area contributed by atoms with Gasteiger partial charge in [-0.2, -0.15) is 0 Å². The van der Waals surface area contributed by atoms with Gasteiger partial charge in [0.15, 0.2) is 9.84 Å². The third-order valence-electron chi connectivity index (χ3n) is 3.31. The molecule has 0 amide bonds. The van der Waals surface area contributed by atoms with Crippen molar-refractivity contribution in [3.05, 3.63) is 0 Å². The molecule has 0 radical (unpaired) electrons. The number of nitrogens with one attached hydrogen (secondary N) is 1. The maximum Gasteiger partial charge on any atom is 0.156 e. The zero-order chi connectivity index (χ0) is 9.31. The van der Waals surface area contributed by atoms with Crippen LogP contribution in [0.4, 0.5) is 0 Å². The highest BCUT2D eigenvalue weighted by molar-refractivity contribution is 7.91. The number of sulfone groups is 1. The van der Waals surface area contributed by atoms with Crippen LogP contribution < -0.4 is 4.90 Å². The Hall–Kier alpha value is -0.0900. The van der Waals surface area contributed by atoms with E-state index >= 15 is 0 Å². The van der Waals surface area contributed by atoms with Crippen molar-refractivity contribution in [2.45, 2.75) is 31.7 Å². The van der Waals surface area contributed by atoms with Crippen molar-refractivity contribution >= 4 is 9.84 Å². The molecular formula is C9H18NO2S+. The highest BCUT2D eigenvalue weighted by atomic mass is 32.2. The van der Waals surface area contributed by atoms with Gasteiger partial charge in [0, 0.05) is 6.42 Å². The van der Waals surface area contributed by atoms with Crippen LogP contribution in [-0.4, -0.2) is 39.1 Å². The van der Waals surface area contributed by atoms with Crippen LogP contribution in [0.1, 0.15) is 25.7 Å². The molecule has 0 spiro atoms. The van der Waals surface area contributed by atoms with Crippen molar-refractivity contribution < 1.29 is 13.3 Å². The van der Waals surface area contributed by atoms with Crippen molar-refractivity contribution in [2.24, 2.45) is 0 Å². The Morgan fingerprint density at radius 2 is 1.77 bits per heavy atom. The minimum atomic E-state index is -2.67. The van der Waals surface area contributed by atoms with E-state index in [1.807, 2.05) is 0 Å². The van der Waals surface area contributed by atoms with Crippen molar-refractivity contribution in [3.63, 3.8) is 0 Å². The first kappa shape index (κ1) is 9.46. The molecule has 0 aliphatic carbocycles. The van der Waals surface area contributed by atoms with E-state index in [0.717, 1.165) is 6.42 Å². The van der Waals surface area contributed by atoms with Gasteiger partial charge < -0.3 is 4.90 Å². The van der Waals surface area contributed by atoms with Crippen LogP contribution in [0.5, 0.6) is 0 Å². The lowest BCUT2D eigenvalue weighted by Crippen LogP contribution is -3.16. The number of hydrogen-bond acceptors (Lipinski definition) is 2. The molecule has 3 nitrogen and oxygen atoms in total. The van der Waals surface area contributed by atoms with E-state index in [2.05, 4.69) is 0 Å². The SMILES string of the molecule is O=S1(=O)CCC([NH+]2CCCCC2)C1. The molecule has 2 aliphatic heterocycles. The van der Waals surface area contributed by atoms with E-state index in [1.165, 1.54) is 32.4 Å². The molecule has 0 aromatic carbocycles. The van der Waals surface area contributed by atoms with E-state index in [1.54, 1.807) is 4.90 Å². The smallest absolute Gasteiger partial charge is 0.156 e. The topological polar surface area (TPSA) is 38.6 Å². The van der Waals surface area contributed by atoms with E-state index in [9.17, 15) is 8.42 Å². The molecule has 1 N–H and O–H groups in total. The van der Waals surface area contributed by atoms with Crippen LogP contribution in [0.2, 0.25) is 0 Å². The molecule has 0 saturated carbocycles. The number of hydrogen-bond donors (Lipinski definition) is 1. The summed E-state index contributed by atoms with van der Waals surface area (Å²) < 4.78 is 22.5. The summed E-state index contributed by atoms with van der Waals surface area (Å²) in [6.07, 6.45) is 4.80. The summed E-state index contributed by atoms with van der Waals surface area (Å²) >= 11 is 0. The second kappa shape index (κ2) is 3.58. The van der Waals surface area contributed by atoms with Crippen LogP contribution in [0.25, 0.3) is 0 Å². The minimum Gasteiger partial charge on any atom is -0.332 e. The molecule has 13 heavy (non-hydrogen) atoms. The summed E-state index contributed by atoms with van der Waals surface area (Å²) in [6.45, 7) is 2.39. The molecule has 1 atom stereocenters. The molecule has 2 rings (SSSR count). The van der Waals surface area contributed by atoms with E-state index in [-0.39, 0.29) is 0 Å². The summed E-state index contributed by atoms with van der Waals surface area (Å²) in [5, 5.41) is 0. The van der Waals surface area contributed by atoms with Crippen LogP contribution in [0.15, 0.2) is 0 Å². The maximum atomic E-state index is 11.3. The molecule has 4 heteroatoms. The number of rotatable bonds is 1. The largest absolute Gasteiger partial charge is 0.332 e. The predicted molar refractivity (Wildman–Crippen MR) is 51.6 cm³/mol. The van der Waals surface area contributed by atoms with Gasteiger partial charge in [0.1, 0.15) is 11.8 Å². The van der Waals surface area contributed by atoms with Gasteiger partial charge in [-0.1, -0.05) is 0 Å². The lowest BCUT2D eigenvalue weighted by Gasteiger charge is -2.28. The highest BCUT2D eigenvalue weighted by Gasteiger charge is 2.35. The first-order chi connectivity index (χ1) is 6.17. The maximum absolute atomic E-state index is 11.3. The average molecular weight is 204 g/mol. The number of likely N-dealkylation sites (tertiary alicyclic amines) is 1. The summed E-state index contributed by atoms with van der Waals surface area (Å²) in [7, 11) is -2.67. The second-order valence-electron chi connectivity index (χ2n) is 4.32. The Morgan fingerprint density at radius 3 is 2.31 bits per heavy atom. The zero-order valence-electron chi connectivity index (χ0n) is 7.96. The lowest BCUT2D eigenvalue weighted by molar-refractivity contribution is -0.926. The minimum absolute atomic E-state index is 0.422. The highest BCUT2D eigenvalue weighted by Crippen LogP contribution is 2.10. The first-order valence-electron chi connectivity index (χ1n) is 5.22. The molecule has 0 aromatic heterocycles. The van der Waals surface area contributed by atoms with Gasteiger partial charge in [-0.25, -0.2) is 8.42 Å². The molecule has 0 bridgehead atoms. The van der Waals surface area contributed by atoms with Crippen molar-refractivity contribution in [3.8, 4) is 0 Å². The Labute approximate surface area is 80.0 Å². The fraction of sp³-hybridized carbons (Fsp3) is 1.00. The molecule has 2 heterocycles. The molecule has 0 aromatic rings. The standard InChI is InChI=1S/C9H17NO2S/c11-13(12)7-4-9(8-13)10-5-2-1-3-6-10/h9H,1-8H2/p+1. The third kappa shape index (κ3) is 2.23. The van der Waals surface area contributed by atoms with E-state index in [0.29, 0.717) is 17.5 Å². The Bertz CT molecular complexity index is 267. The molecular weight excluding hydrogens is 186 g/mol. The molecule has 2 aliphatic rings. The average Bonchev–Trinajstić information content (AvgIpc) is 2.48. The molecule has 1 unspecified atom stereocenters. The van der Waals surface area contributed by atoms with Crippen LogP contribution in [0, 0.1) is 0 Å². The van der Waals surface area contributed by atoms with Crippen LogP contribution in [-0.2, 0) is 9.84 Å². The van der Waals surface area contributed by atoms with Gasteiger partial charge in [-0.05, 0) is 19.3 Å². The van der Waals surface area contributed by atoms with Gasteiger partial charge >= 0.3 is 0 Å². The van der Waals surface area contributed by atoms with Crippen LogP contribution in [0.3, 0.4) is 0 Å². The number of piperidine rings is 1. The fourth-order valence-corrected chi connectivity index (χ4v) is 4.36. The van der Waals surface area contributed by atoms with Crippen molar-refractivity contribution in [2.75, 3.05) is 24.6 Å². The van der Waals surface area contributed by atoms with Gasteiger partial charge in [0.2, 0.25) is 0 Å². The van der Waals surface area contributed by atoms with Crippen LogP contribution >= 0.6 is 0 Å². The fourth-order valence-electron chi connectivity index (χ4n) is 2.53. The summed E-state index contributed by atoms with van der Waals surface area (Å²) in [4.78, 5) is 1.55. The summed E-state index contributed by atoms with van der Waals surface area (Å²) in [5.41, 5.74) is 0. The Morgan fingerprint density at radius 1 is 1.08 bits per heavy atom. The normalized spacial score (nSPS) is 34.9. The molecule has 2 saturated heterocycles. The third-order valence-corrected chi connectivity index (χ3v) is 5.07. The lowest BCUT2D eigenvalue weighted by atomic mass is 10.1. The van der Waals surface area contributed by atoms with Gasteiger partial charge in [-0.15, -0.1) is 0 Å². The van der Waals surface area contributed by atoms with Gasteiger partial charge in [0.05, 0.1) is 18.8 Å². The first-order valence-corrected chi connectivity index (χ1v) is 7.04. The molecule has 2 fully saturated rings. The second-order valence-corrected chi connectivity index (χ2v) is 6.55. The summed E-state index contributed by atoms with van der Waals surface area (Å²) in [5.74, 6) is 0.878. The quantitative estimate of drug-likeness (QED) is 0.610. The molecule has 76 valence electrons. The number of quaternary nitrogens is 1. The van der Waals surface area contributed by atoms with Crippen molar-refractivity contribution in [1.29, 1.82) is 0 Å². The summed E-state index contributed by atoms with van der Waals surface area (Å²) in [6, 6.07) is 0.422. The van der Waals surface area contributed by atoms with Crippen molar-refractivity contribution in [1.82, 2.24) is 0 Å². The van der Waals surface area contributed by atoms with Gasteiger partial charge in [-0.3, -0.25) is 0 Å². The Kier molecular flexibility index (Phi) is 2.60. The van der Waals surface area contributed by atoms with E-state index < -0.39 is 9.84 Å². The zero-order valence-corrected chi connectivity index (χ0v) is 8.78. The van der Waals surface area contributed by atoms with E-state index in [4.69, 9.17) is 0 Å².